The van der Waals surface area contributed by atoms with Gasteiger partial charge in [-0.1, -0.05) is 18.6 Å². The summed E-state index contributed by atoms with van der Waals surface area (Å²) in [5, 5.41) is 8.69. The fourth-order valence-corrected chi connectivity index (χ4v) is 5.62. The lowest BCUT2D eigenvalue weighted by Gasteiger charge is -2.26. The van der Waals surface area contributed by atoms with Crippen molar-refractivity contribution in [1.82, 2.24) is 23.9 Å². The molecule has 4 aromatic rings. The standard InChI is InChI=1S/C24H22FN5O3S/c25-18-6-4-8-20(16-18)30-22(10-12-26-30)24-23(31)11-15-29(27-24)19-7-5-9-21(17-19)34(32,33)28-13-2-1-3-14-28/h4-12,15-17H,1-3,13-14H2. The van der Waals surface area contributed by atoms with E-state index in [2.05, 4.69) is 10.2 Å². The molecule has 1 aliphatic rings. The second kappa shape index (κ2) is 8.96. The van der Waals surface area contributed by atoms with Gasteiger partial charge in [0.1, 0.15) is 5.82 Å². The van der Waals surface area contributed by atoms with Crippen molar-refractivity contribution in [3.05, 3.63) is 89.1 Å². The largest absolute Gasteiger partial charge is 0.287 e. The molecule has 2 aromatic carbocycles. The molecule has 0 N–H and O–H groups in total. The molecule has 0 bridgehead atoms. The molecule has 0 unspecified atom stereocenters. The highest BCUT2D eigenvalue weighted by Gasteiger charge is 2.26. The number of hydrogen-bond acceptors (Lipinski definition) is 5. The maximum atomic E-state index is 13.8. The van der Waals surface area contributed by atoms with Gasteiger partial charge >= 0.3 is 0 Å². The highest BCUT2D eigenvalue weighted by molar-refractivity contribution is 7.89. The summed E-state index contributed by atoms with van der Waals surface area (Å²) in [6, 6.07) is 15.3. The van der Waals surface area contributed by atoms with Crippen LogP contribution in [0.3, 0.4) is 0 Å². The molecule has 174 valence electrons. The van der Waals surface area contributed by atoms with Gasteiger partial charge in [0, 0.05) is 25.4 Å². The van der Waals surface area contributed by atoms with E-state index < -0.39 is 15.8 Å². The van der Waals surface area contributed by atoms with E-state index in [1.54, 1.807) is 42.5 Å². The van der Waals surface area contributed by atoms with Crippen molar-refractivity contribution >= 4 is 10.0 Å². The second-order valence-corrected chi connectivity index (χ2v) is 9.98. The number of hydrogen-bond donors (Lipinski definition) is 0. The van der Waals surface area contributed by atoms with E-state index in [4.69, 9.17) is 0 Å². The van der Waals surface area contributed by atoms with Crippen LogP contribution in [0.25, 0.3) is 22.8 Å². The zero-order chi connectivity index (χ0) is 23.7. The van der Waals surface area contributed by atoms with Crippen molar-refractivity contribution in [2.24, 2.45) is 0 Å². The summed E-state index contributed by atoms with van der Waals surface area (Å²) in [5.74, 6) is -0.427. The Morgan fingerprint density at radius 3 is 2.44 bits per heavy atom. The van der Waals surface area contributed by atoms with E-state index in [1.165, 1.54) is 44.3 Å². The molecule has 34 heavy (non-hydrogen) atoms. The lowest BCUT2D eigenvalue weighted by atomic mass is 10.2. The number of aromatic nitrogens is 4. The van der Waals surface area contributed by atoms with Gasteiger partial charge in [-0.2, -0.15) is 14.5 Å². The van der Waals surface area contributed by atoms with E-state index in [9.17, 15) is 17.6 Å². The Bertz CT molecular complexity index is 1510. The van der Waals surface area contributed by atoms with Gasteiger partial charge in [0.25, 0.3) is 0 Å². The Kier molecular flexibility index (Phi) is 5.84. The van der Waals surface area contributed by atoms with Gasteiger partial charge in [0.05, 0.1) is 28.2 Å². The molecule has 0 spiro atoms. The van der Waals surface area contributed by atoms with E-state index >= 15 is 0 Å². The minimum Gasteiger partial charge on any atom is -0.287 e. The maximum Gasteiger partial charge on any atom is 0.243 e. The van der Waals surface area contributed by atoms with Crippen LogP contribution in [0.2, 0.25) is 0 Å². The van der Waals surface area contributed by atoms with Gasteiger partial charge in [0.15, 0.2) is 5.69 Å². The Hall–Kier alpha value is -3.63. The number of nitrogens with zero attached hydrogens (tertiary/aromatic N) is 5. The molecule has 0 saturated carbocycles. The third kappa shape index (κ3) is 4.17. The molecule has 0 aliphatic carbocycles. The molecular formula is C24H22FN5O3S. The molecule has 1 fully saturated rings. The van der Waals surface area contributed by atoms with Crippen LogP contribution >= 0.6 is 0 Å². The highest BCUT2D eigenvalue weighted by Crippen LogP contribution is 2.23. The van der Waals surface area contributed by atoms with Crippen LogP contribution in [-0.2, 0) is 10.0 Å². The molecule has 8 nitrogen and oxygen atoms in total. The average Bonchev–Trinajstić information content (AvgIpc) is 3.35. The normalized spacial score (nSPS) is 14.9. The van der Waals surface area contributed by atoms with Gasteiger partial charge in [-0.05, 0) is 55.3 Å². The van der Waals surface area contributed by atoms with Crippen LogP contribution in [0, 0.1) is 5.82 Å². The summed E-state index contributed by atoms with van der Waals surface area (Å²) in [4.78, 5) is 12.9. The third-order valence-electron chi connectivity index (χ3n) is 5.78. The van der Waals surface area contributed by atoms with Gasteiger partial charge in [-0.3, -0.25) is 4.79 Å². The summed E-state index contributed by atoms with van der Waals surface area (Å²) >= 11 is 0. The van der Waals surface area contributed by atoms with Crippen molar-refractivity contribution in [1.29, 1.82) is 0 Å². The first kappa shape index (κ1) is 22.2. The predicted molar refractivity (Wildman–Crippen MR) is 125 cm³/mol. The van der Waals surface area contributed by atoms with Gasteiger partial charge in [0.2, 0.25) is 15.5 Å². The molecule has 0 atom stereocenters. The minimum atomic E-state index is -3.62. The van der Waals surface area contributed by atoms with Gasteiger partial charge < -0.3 is 0 Å². The first-order valence-corrected chi connectivity index (χ1v) is 12.4. The maximum absolute atomic E-state index is 13.8. The first-order chi connectivity index (χ1) is 16.4. The summed E-state index contributed by atoms with van der Waals surface area (Å²) in [7, 11) is -3.62. The van der Waals surface area contributed by atoms with Crippen molar-refractivity contribution in [2.45, 2.75) is 24.2 Å². The lowest BCUT2D eigenvalue weighted by Crippen LogP contribution is -2.35. The molecule has 3 heterocycles. The third-order valence-corrected chi connectivity index (χ3v) is 7.68. The SMILES string of the molecule is O=c1ccn(-c2cccc(S(=O)(=O)N3CCCCC3)c2)nc1-c1ccnn1-c1cccc(F)c1. The fourth-order valence-electron chi connectivity index (χ4n) is 4.07. The molecule has 10 heteroatoms. The van der Waals surface area contributed by atoms with Crippen LogP contribution < -0.4 is 5.43 Å². The van der Waals surface area contributed by atoms with Crippen LogP contribution in [0.15, 0.2) is 82.7 Å². The van der Waals surface area contributed by atoms with E-state index in [-0.39, 0.29) is 16.0 Å². The Labute approximate surface area is 195 Å². The Morgan fingerprint density at radius 2 is 1.65 bits per heavy atom. The topological polar surface area (TPSA) is 90.1 Å². The minimum absolute atomic E-state index is 0.105. The predicted octanol–water partition coefficient (Wildman–Crippen LogP) is 3.40. The molecule has 0 radical (unpaired) electrons. The van der Waals surface area contributed by atoms with Crippen molar-refractivity contribution < 1.29 is 12.8 Å². The summed E-state index contributed by atoms with van der Waals surface area (Å²) < 4.78 is 44.4. The van der Waals surface area contributed by atoms with Crippen molar-refractivity contribution in [2.75, 3.05) is 13.1 Å². The molecule has 5 rings (SSSR count). The summed E-state index contributed by atoms with van der Waals surface area (Å²) in [6.07, 6.45) is 5.72. The van der Waals surface area contributed by atoms with E-state index in [0.29, 0.717) is 30.2 Å². The van der Waals surface area contributed by atoms with Crippen molar-refractivity contribution in [3.8, 4) is 22.8 Å². The molecule has 2 aromatic heterocycles. The van der Waals surface area contributed by atoms with Crippen LogP contribution in [0.4, 0.5) is 4.39 Å². The number of halogens is 1. The number of sulfonamides is 1. The quantitative estimate of drug-likeness (QED) is 0.438. The van der Waals surface area contributed by atoms with Gasteiger partial charge in [-0.25, -0.2) is 22.2 Å². The van der Waals surface area contributed by atoms with Crippen LogP contribution in [-0.4, -0.2) is 45.4 Å². The monoisotopic (exact) mass is 479 g/mol. The van der Waals surface area contributed by atoms with E-state index in [1.807, 2.05) is 0 Å². The zero-order valence-electron chi connectivity index (χ0n) is 18.2. The highest BCUT2D eigenvalue weighted by atomic mass is 32.2. The van der Waals surface area contributed by atoms with Gasteiger partial charge in [-0.15, -0.1) is 0 Å². The first-order valence-electron chi connectivity index (χ1n) is 10.9. The molecule has 1 saturated heterocycles. The average molecular weight is 480 g/mol. The molecule has 1 aliphatic heterocycles. The van der Waals surface area contributed by atoms with Crippen molar-refractivity contribution in [3.63, 3.8) is 0 Å². The number of rotatable bonds is 5. The fraction of sp³-hybridized carbons (Fsp3) is 0.208. The summed E-state index contributed by atoms with van der Waals surface area (Å²) in [5.41, 5.74) is 1.10. The smallest absolute Gasteiger partial charge is 0.243 e. The molecular weight excluding hydrogens is 457 g/mol. The lowest BCUT2D eigenvalue weighted by molar-refractivity contribution is 0.346. The Morgan fingerprint density at radius 1 is 0.882 bits per heavy atom. The van der Waals surface area contributed by atoms with E-state index in [0.717, 1.165) is 19.3 Å². The zero-order valence-corrected chi connectivity index (χ0v) is 19.0. The Balaban J connectivity index is 1.55. The van der Waals surface area contributed by atoms with Crippen LogP contribution in [0.1, 0.15) is 19.3 Å². The summed E-state index contributed by atoms with van der Waals surface area (Å²) in [6.45, 7) is 1.02. The number of piperidine rings is 1. The molecule has 0 amide bonds. The van der Waals surface area contributed by atoms with Crippen LogP contribution in [0.5, 0.6) is 0 Å². The number of benzene rings is 2. The second-order valence-electron chi connectivity index (χ2n) is 8.04.